The third-order valence-electron chi connectivity index (χ3n) is 2.35. The van der Waals surface area contributed by atoms with Gasteiger partial charge in [0.15, 0.2) is 6.29 Å². The van der Waals surface area contributed by atoms with Crippen LogP contribution in [-0.2, 0) is 0 Å². The molecule has 2 nitrogen and oxygen atoms in total. The van der Waals surface area contributed by atoms with Crippen LogP contribution in [0.3, 0.4) is 0 Å². The molecule has 0 amide bonds. The number of nitrogens with one attached hydrogen (secondary N) is 1. The molecule has 0 aromatic heterocycles. The Morgan fingerprint density at radius 3 is 2.18 bits per heavy atom. The zero-order valence-corrected chi connectivity index (χ0v) is 10.7. The predicted molar refractivity (Wildman–Crippen MR) is 74.8 cm³/mol. The summed E-state index contributed by atoms with van der Waals surface area (Å²) in [5.41, 5.74) is 1.78. The molecule has 0 heterocycles. The van der Waals surface area contributed by atoms with Crippen molar-refractivity contribution in [3.8, 4) is 0 Å². The minimum absolute atomic E-state index is 0.736. The highest BCUT2D eigenvalue weighted by molar-refractivity contribution is 6.03. The summed E-state index contributed by atoms with van der Waals surface area (Å²) in [4.78, 5) is 10.8. The zero-order valence-electron chi connectivity index (χ0n) is 10.7. The van der Waals surface area contributed by atoms with Crippen LogP contribution in [-0.4, -0.2) is 13.3 Å². The number of carbonyl (C=O) groups is 1. The van der Waals surface area contributed by atoms with Gasteiger partial charge in [-0.2, -0.15) is 0 Å². The topological polar surface area (TPSA) is 29.1 Å². The Bertz CT molecular complexity index is 491. The molecule has 2 heteroatoms. The molecule has 0 unspecified atom stereocenters. The van der Waals surface area contributed by atoms with E-state index in [1.165, 1.54) is 6.42 Å². The van der Waals surface area contributed by atoms with E-state index in [1.807, 2.05) is 43.4 Å². The minimum atomic E-state index is 0.736. The van der Waals surface area contributed by atoms with Crippen molar-refractivity contribution in [1.82, 2.24) is 0 Å². The zero-order chi connectivity index (χ0) is 12.7. The van der Waals surface area contributed by atoms with E-state index in [-0.39, 0.29) is 0 Å². The van der Waals surface area contributed by atoms with Crippen molar-refractivity contribution >= 4 is 22.7 Å². The lowest BCUT2D eigenvalue weighted by Crippen LogP contribution is -1.91. The average Bonchev–Trinajstić information content (AvgIpc) is 2.38. The molecule has 0 atom stereocenters. The first-order chi connectivity index (χ1) is 8.28. The Labute approximate surface area is 103 Å². The Morgan fingerprint density at radius 1 is 1.06 bits per heavy atom. The Balaban J connectivity index is 0.000000437. The third kappa shape index (κ3) is 3.06. The van der Waals surface area contributed by atoms with E-state index in [2.05, 4.69) is 19.2 Å². The van der Waals surface area contributed by atoms with Crippen LogP contribution in [0.1, 0.15) is 30.6 Å². The molecule has 0 bridgehead atoms. The summed E-state index contributed by atoms with van der Waals surface area (Å²) in [6, 6.07) is 11.6. The van der Waals surface area contributed by atoms with E-state index in [0.717, 1.165) is 28.3 Å². The lowest BCUT2D eigenvalue weighted by molar-refractivity contribution is 0.112. The average molecular weight is 229 g/mol. The molecule has 0 fully saturated rings. The SMILES string of the molecule is CCC.CNc1ccc(C=O)c2ccccc12. The molecular weight excluding hydrogens is 210 g/mol. The van der Waals surface area contributed by atoms with E-state index in [0.29, 0.717) is 0 Å². The summed E-state index contributed by atoms with van der Waals surface area (Å²) in [7, 11) is 1.88. The summed E-state index contributed by atoms with van der Waals surface area (Å²) >= 11 is 0. The normalized spacial score (nSPS) is 9.35. The van der Waals surface area contributed by atoms with E-state index in [1.54, 1.807) is 0 Å². The fourth-order valence-corrected chi connectivity index (χ4v) is 1.64. The molecule has 1 N–H and O–H groups in total. The van der Waals surface area contributed by atoms with Crippen LogP contribution < -0.4 is 5.32 Å². The molecule has 17 heavy (non-hydrogen) atoms. The highest BCUT2D eigenvalue weighted by Crippen LogP contribution is 2.25. The summed E-state index contributed by atoms with van der Waals surface area (Å²) in [6.07, 6.45) is 2.14. The first-order valence-electron chi connectivity index (χ1n) is 5.93. The van der Waals surface area contributed by atoms with Gasteiger partial charge in [-0.25, -0.2) is 0 Å². The maximum absolute atomic E-state index is 10.8. The Kier molecular flexibility index (Phi) is 5.21. The van der Waals surface area contributed by atoms with Gasteiger partial charge in [0.05, 0.1) is 0 Å². The second kappa shape index (κ2) is 6.69. The largest absolute Gasteiger partial charge is 0.388 e. The number of carbonyl (C=O) groups excluding carboxylic acids is 1. The molecule has 0 aliphatic carbocycles. The number of rotatable bonds is 2. The fourth-order valence-electron chi connectivity index (χ4n) is 1.64. The van der Waals surface area contributed by atoms with E-state index < -0.39 is 0 Å². The summed E-state index contributed by atoms with van der Waals surface area (Å²) < 4.78 is 0. The van der Waals surface area contributed by atoms with Crippen LogP contribution >= 0.6 is 0 Å². The van der Waals surface area contributed by atoms with Gasteiger partial charge in [0, 0.05) is 23.7 Å². The quantitative estimate of drug-likeness (QED) is 0.785. The molecule has 2 aromatic rings. The predicted octanol–water partition coefficient (Wildman–Crippen LogP) is 4.11. The molecule has 0 saturated carbocycles. The molecule has 0 aliphatic heterocycles. The van der Waals surface area contributed by atoms with Gasteiger partial charge in [0.1, 0.15) is 0 Å². The highest BCUT2D eigenvalue weighted by atomic mass is 16.1. The van der Waals surface area contributed by atoms with E-state index in [4.69, 9.17) is 0 Å². The summed E-state index contributed by atoms with van der Waals surface area (Å²) in [5.74, 6) is 0. The summed E-state index contributed by atoms with van der Waals surface area (Å²) in [6.45, 7) is 4.25. The van der Waals surface area contributed by atoms with Crippen LogP contribution in [0.15, 0.2) is 36.4 Å². The summed E-state index contributed by atoms with van der Waals surface area (Å²) in [5, 5.41) is 5.18. The number of aldehydes is 1. The van der Waals surface area contributed by atoms with Gasteiger partial charge in [0.2, 0.25) is 0 Å². The lowest BCUT2D eigenvalue weighted by atomic mass is 10.0. The van der Waals surface area contributed by atoms with Gasteiger partial charge in [-0.05, 0) is 17.5 Å². The van der Waals surface area contributed by atoms with Crippen LogP contribution in [0.4, 0.5) is 5.69 Å². The van der Waals surface area contributed by atoms with E-state index >= 15 is 0 Å². The fraction of sp³-hybridized carbons (Fsp3) is 0.267. The van der Waals surface area contributed by atoms with Crippen molar-refractivity contribution in [3.05, 3.63) is 42.0 Å². The maximum atomic E-state index is 10.8. The van der Waals surface area contributed by atoms with Crippen molar-refractivity contribution in [1.29, 1.82) is 0 Å². The van der Waals surface area contributed by atoms with Crippen LogP contribution in [0.2, 0.25) is 0 Å². The first-order valence-corrected chi connectivity index (χ1v) is 5.93. The minimum Gasteiger partial charge on any atom is -0.388 e. The number of benzene rings is 2. The monoisotopic (exact) mass is 229 g/mol. The lowest BCUT2D eigenvalue weighted by Gasteiger charge is -2.06. The standard InChI is InChI=1S/C12H11NO.C3H8/c1-13-12-7-6-9(8-14)10-4-2-3-5-11(10)12;1-3-2/h2-8,13H,1H3;3H2,1-2H3. The van der Waals surface area contributed by atoms with E-state index in [9.17, 15) is 4.79 Å². The van der Waals surface area contributed by atoms with Crippen LogP contribution in [0.5, 0.6) is 0 Å². The third-order valence-corrected chi connectivity index (χ3v) is 2.35. The number of anilines is 1. The second-order valence-corrected chi connectivity index (χ2v) is 3.82. The van der Waals surface area contributed by atoms with Crippen molar-refractivity contribution in [2.75, 3.05) is 12.4 Å². The number of hydrogen-bond donors (Lipinski definition) is 1. The highest BCUT2D eigenvalue weighted by Gasteiger charge is 2.02. The smallest absolute Gasteiger partial charge is 0.150 e. The van der Waals surface area contributed by atoms with Crippen LogP contribution in [0, 0.1) is 0 Å². The number of fused-ring (bicyclic) bond motifs is 1. The molecule has 0 aliphatic rings. The van der Waals surface area contributed by atoms with Crippen LogP contribution in [0.25, 0.3) is 10.8 Å². The molecular formula is C15H19NO. The van der Waals surface area contributed by atoms with Gasteiger partial charge < -0.3 is 5.32 Å². The van der Waals surface area contributed by atoms with Crippen molar-refractivity contribution in [2.45, 2.75) is 20.3 Å². The van der Waals surface area contributed by atoms with Gasteiger partial charge >= 0.3 is 0 Å². The van der Waals surface area contributed by atoms with Gasteiger partial charge in [-0.15, -0.1) is 0 Å². The maximum Gasteiger partial charge on any atom is 0.150 e. The van der Waals surface area contributed by atoms with Gasteiger partial charge in [0.25, 0.3) is 0 Å². The first kappa shape index (κ1) is 13.2. The molecule has 0 spiro atoms. The Hall–Kier alpha value is -1.83. The Morgan fingerprint density at radius 2 is 1.65 bits per heavy atom. The van der Waals surface area contributed by atoms with Crippen molar-refractivity contribution in [2.24, 2.45) is 0 Å². The van der Waals surface area contributed by atoms with Crippen molar-refractivity contribution < 1.29 is 4.79 Å². The molecule has 2 rings (SSSR count). The molecule has 2 aromatic carbocycles. The number of hydrogen-bond acceptors (Lipinski definition) is 2. The van der Waals surface area contributed by atoms with Gasteiger partial charge in [-0.3, -0.25) is 4.79 Å². The molecule has 90 valence electrons. The van der Waals surface area contributed by atoms with Gasteiger partial charge in [-0.1, -0.05) is 44.5 Å². The molecule has 0 saturated heterocycles. The van der Waals surface area contributed by atoms with Crippen molar-refractivity contribution in [3.63, 3.8) is 0 Å². The second-order valence-electron chi connectivity index (χ2n) is 3.82. The molecule has 0 radical (unpaired) electrons.